The van der Waals surface area contributed by atoms with Crippen LogP contribution in [0.1, 0.15) is 58.3 Å². The van der Waals surface area contributed by atoms with Crippen LogP contribution in [0, 0.1) is 5.92 Å². The maximum atomic E-state index is 12.0. The van der Waals surface area contributed by atoms with E-state index in [9.17, 15) is 4.79 Å². The summed E-state index contributed by atoms with van der Waals surface area (Å²) < 4.78 is 11.0. The van der Waals surface area contributed by atoms with Crippen molar-refractivity contribution >= 4 is 11.9 Å². The molecule has 162 valence electrons. The van der Waals surface area contributed by atoms with Crippen molar-refractivity contribution in [1.29, 1.82) is 0 Å². The van der Waals surface area contributed by atoms with Gasteiger partial charge in [-0.2, -0.15) is 0 Å². The largest absolute Gasteiger partial charge is 0.385 e. The normalized spacial score (nSPS) is 19.2. The van der Waals surface area contributed by atoms with Crippen LogP contribution in [0.3, 0.4) is 0 Å². The number of methoxy groups -OCH3 is 1. The Kier molecular flexibility index (Phi) is 11.3. The van der Waals surface area contributed by atoms with Gasteiger partial charge in [0.15, 0.2) is 5.96 Å². The lowest BCUT2D eigenvalue weighted by Gasteiger charge is -2.34. The van der Waals surface area contributed by atoms with E-state index < -0.39 is 0 Å². The zero-order valence-electron chi connectivity index (χ0n) is 17.9. The average molecular weight is 397 g/mol. The van der Waals surface area contributed by atoms with Crippen LogP contribution in [-0.2, 0) is 14.3 Å². The van der Waals surface area contributed by atoms with E-state index in [1.807, 2.05) is 0 Å². The molecule has 1 aliphatic carbocycles. The van der Waals surface area contributed by atoms with Crippen molar-refractivity contribution in [2.45, 2.75) is 64.4 Å². The molecule has 0 atom stereocenters. The first-order valence-electron chi connectivity index (χ1n) is 11.1. The number of aliphatic imine (C=N–C) groups is 1. The second kappa shape index (κ2) is 13.8. The molecule has 28 heavy (non-hydrogen) atoms. The molecule has 1 saturated carbocycles. The first kappa shape index (κ1) is 22.9. The van der Waals surface area contributed by atoms with E-state index in [0.29, 0.717) is 31.5 Å². The highest BCUT2D eigenvalue weighted by molar-refractivity contribution is 5.80. The summed E-state index contributed by atoms with van der Waals surface area (Å²) in [6.45, 7) is 7.60. The number of hydrogen-bond acceptors (Lipinski definition) is 4. The number of guanidine groups is 1. The monoisotopic (exact) mass is 396 g/mol. The van der Waals surface area contributed by atoms with Gasteiger partial charge >= 0.3 is 0 Å². The second-order valence-corrected chi connectivity index (χ2v) is 7.84. The quantitative estimate of drug-likeness (QED) is 0.318. The molecule has 2 N–H and O–H groups in total. The van der Waals surface area contributed by atoms with Crippen LogP contribution in [0.5, 0.6) is 0 Å². The Morgan fingerprint density at radius 2 is 1.86 bits per heavy atom. The van der Waals surface area contributed by atoms with Crippen LogP contribution in [0.2, 0.25) is 0 Å². The minimum absolute atomic E-state index is 0.179. The molecule has 2 aliphatic rings. The van der Waals surface area contributed by atoms with Crippen LogP contribution >= 0.6 is 0 Å². The smallest absolute Gasteiger partial charge is 0.220 e. The predicted octanol–water partition coefficient (Wildman–Crippen LogP) is 2.17. The van der Waals surface area contributed by atoms with Gasteiger partial charge < -0.3 is 25.0 Å². The van der Waals surface area contributed by atoms with E-state index in [0.717, 1.165) is 58.1 Å². The van der Waals surface area contributed by atoms with Crippen LogP contribution in [0.25, 0.3) is 0 Å². The average Bonchev–Trinajstić information content (AvgIpc) is 3.21. The number of carbonyl (C=O) groups excluding carboxylic acids is 1. The van der Waals surface area contributed by atoms with E-state index in [2.05, 4.69) is 22.5 Å². The van der Waals surface area contributed by atoms with Gasteiger partial charge in [0, 0.05) is 52.9 Å². The fourth-order valence-corrected chi connectivity index (χ4v) is 4.02. The molecule has 0 aromatic rings. The van der Waals surface area contributed by atoms with E-state index >= 15 is 0 Å². The number of amides is 1. The van der Waals surface area contributed by atoms with Crippen LogP contribution in [-0.4, -0.2) is 75.9 Å². The molecule has 0 aromatic carbocycles. The van der Waals surface area contributed by atoms with Gasteiger partial charge in [0.05, 0.1) is 12.6 Å². The summed E-state index contributed by atoms with van der Waals surface area (Å²) in [5.41, 5.74) is 0. The van der Waals surface area contributed by atoms with Crippen molar-refractivity contribution in [2.24, 2.45) is 10.9 Å². The highest BCUT2D eigenvalue weighted by atomic mass is 16.5. The highest BCUT2D eigenvalue weighted by Gasteiger charge is 2.22. The number of ether oxygens (including phenoxy) is 2. The summed E-state index contributed by atoms with van der Waals surface area (Å²) in [5, 5.41) is 6.41. The summed E-state index contributed by atoms with van der Waals surface area (Å²) >= 11 is 0. The molecule has 1 aliphatic heterocycles. The fraction of sp³-hybridized carbons (Fsp3) is 0.905. The van der Waals surface area contributed by atoms with Gasteiger partial charge in [0.25, 0.3) is 0 Å². The molecule has 7 heteroatoms. The third-order valence-electron chi connectivity index (χ3n) is 5.57. The molecule has 2 rings (SSSR count). The van der Waals surface area contributed by atoms with Gasteiger partial charge in [0.2, 0.25) is 5.91 Å². The Hall–Kier alpha value is -1.34. The molecule has 0 bridgehead atoms. The number of likely N-dealkylation sites (tertiary alicyclic amines) is 1. The summed E-state index contributed by atoms with van der Waals surface area (Å²) in [6, 6.07) is 0. The van der Waals surface area contributed by atoms with Gasteiger partial charge in [0.1, 0.15) is 0 Å². The maximum absolute atomic E-state index is 12.0. The highest BCUT2D eigenvalue weighted by Crippen LogP contribution is 2.27. The Morgan fingerprint density at radius 1 is 1.11 bits per heavy atom. The Balaban J connectivity index is 1.65. The summed E-state index contributed by atoms with van der Waals surface area (Å²) in [7, 11) is 1.72. The van der Waals surface area contributed by atoms with Crippen LogP contribution < -0.4 is 10.6 Å². The van der Waals surface area contributed by atoms with Gasteiger partial charge in [-0.1, -0.05) is 12.8 Å². The number of hydrogen-bond donors (Lipinski definition) is 2. The lowest BCUT2D eigenvalue weighted by Crippen LogP contribution is -2.47. The molecule has 2 fully saturated rings. The van der Waals surface area contributed by atoms with Crippen molar-refractivity contribution in [3.8, 4) is 0 Å². The van der Waals surface area contributed by atoms with Gasteiger partial charge in [-0.05, 0) is 44.9 Å². The first-order valence-corrected chi connectivity index (χ1v) is 11.1. The predicted molar refractivity (Wildman–Crippen MR) is 113 cm³/mol. The number of carbonyl (C=O) groups is 1. The molecule has 0 aromatic heterocycles. The minimum atomic E-state index is 0.179. The van der Waals surface area contributed by atoms with E-state index in [4.69, 9.17) is 14.5 Å². The van der Waals surface area contributed by atoms with Crippen molar-refractivity contribution in [3.05, 3.63) is 0 Å². The Bertz CT molecular complexity index is 459. The van der Waals surface area contributed by atoms with Crippen molar-refractivity contribution in [3.63, 3.8) is 0 Å². The lowest BCUT2D eigenvalue weighted by molar-refractivity contribution is -0.121. The standard InChI is InChI=1S/C21H40N4O3/c1-3-22-21(24-12-11-23-20(26)17-18-7-4-5-8-18)25-13-9-19(10-14-25)28-16-6-15-27-2/h18-19H,3-17H2,1-2H3,(H,22,24)(H,23,26). The zero-order chi connectivity index (χ0) is 20.0. The Labute approximate surface area is 170 Å². The Morgan fingerprint density at radius 3 is 2.54 bits per heavy atom. The second-order valence-electron chi connectivity index (χ2n) is 7.84. The molecule has 1 amide bonds. The number of rotatable bonds is 11. The zero-order valence-corrected chi connectivity index (χ0v) is 17.9. The SMILES string of the molecule is CCNC(=NCCNC(=O)CC1CCCC1)N1CCC(OCCCOC)CC1. The lowest BCUT2D eigenvalue weighted by atomic mass is 10.0. The first-order chi connectivity index (χ1) is 13.7. The summed E-state index contributed by atoms with van der Waals surface area (Å²) in [5.74, 6) is 1.72. The molecular weight excluding hydrogens is 356 g/mol. The molecule has 0 unspecified atom stereocenters. The maximum Gasteiger partial charge on any atom is 0.220 e. The van der Waals surface area contributed by atoms with E-state index in [-0.39, 0.29) is 5.91 Å². The molecule has 1 heterocycles. The van der Waals surface area contributed by atoms with Crippen LogP contribution in [0.4, 0.5) is 0 Å². The van der Waals surface area contributed by atoms with Crippen molar-refractivity contribution in [1.82, 2.24) is 15.5 Å². The number of nitrogens with one attached hydrogen (secondary N) is 2. The molecular formula is C21H40N4O3. The molecule has 0 spiro atoms. The van der Waals surface area contributed by atoms with E-state index in [1.54, 1.807) is 7.11 Å². The molecule has 7 nitrogen and oxygen atoms in total. The fourth-order valence-electron chi connectivity index (χ4n) is 4.02. The molecule has 1 saturated heterocycles. The minimum Gasteiger partial charge on any atom is -0.385 e. The molecule has 0 radical (unpaired) electrons. The van der Waals surface area contributed by atoms with Crippen molar-refractivity contribution < 1.29 is 14.3 Å². The van der Waals surface area contributed by atoms with Gasteiger partial charge in [-0.25, -0.2) is 0 Å². The number of piperidine rings is 1. The third kappa shape index (κ3) is 8.78. The summed E-state index contributed by atoms with van der Waals surface area (Å²) in [4.78, 5) is 19.0. The van der Waals surface area contributed by atoms with Crippen LogP contribution in [0.15, 0.2) is 4.99 Å². The topological polar surface area (TPSA) is 75.2 Å². The number of nitrogens with zero attached hydrogens (tertiary/aromatic N) is 2. The van der Waals surface area contributed by atoms with E-state index in [1.165, 1.54) is 25.7 Å². The van der Waals surface area contributed by atoms with Gasteiger partial charge in [-0.15, -0.1) is 0 Å². The van der Waals surface area contributed by atoms with Gasteiger partial charge in [-0.3, -0.25) is 9.79 Å². The van der Waals surface area contributed by atoms with Crippen molar-refractivity contribution in [2.75, 3.05) is 53.0 Å². The summed E-state index contributed by atoms with van der Waals surface area (Å²) in [6.07, 6.45) is 9.00. The third-order valence-corrected chi connectivity index (χ3v) is 5.57.